The Hall–Kier alpha value is -1.31. The molecule has 5 nitrogen and oxygen atoms in total. The quantitative estimate of drug-likeness (QED) is 0.775. The number of rotatable bonds is 7. The number of carboxylic acids is 1. The highest BCUT2D eigenvalue weighted by atomic mass is 32.2. The van der Waals surface area contributed by atoms with Crippen LogP contribution in [0.5, 0.6) is 0 Å². The molecule has 1 aromatic carbocycles. The number of sulfonamides is 1. The Bertz CT molecular complexity index is 638. The van der Waals surface area contributed by atoms with Gasteiger partial charge in [-0.2, -0.15) is 11.8 Å². The number of hydrogen-bond acceptors (Lipinski definition) is 4. The smallest absolute Gasteiger partial charge is 0.328 e. The van der Waals surface area contributed by atoms with Crippen molar-refractivity contribution in [1.29, 1.82) is 0 Å². The van der Waals surface area contributed by atoms with E-state index in [2.05, 4.69) is 0 Å². The molecule has 0 unspecified atom stereocenters. The SMILES string of the molecule is CSCCN(C)S(=O)(=O)c1ccc(/C=C/C(=O)O)c(C)c1. The molecule has 21 heavy (non-hydrogen) atoms. The molecule has 0 saturated carbocycles. The fourth-order valence-corrected chi connectivity index (χ4v) is 3.51. The summed E-state index contributed by atoms with van der Waals surface area (Å²) in [5.74, 6) is -0.309. The average Bonchev–Trinajstić information content (AvgIpc) is 2.42. The number of hydrogen-bond donors (Lipinski definition) is 1. The molecule has 0 fully saturated rings. The van der Waals surface area contributed by atoms with Gasteiger partial charge in [-0.05, 0) is 42.5 Å². The van der Waals surface area contributed by atoms with Crippen molar-refractivity contribution in [1.82, 2.24) is 4.31 Å². The Balaban J connectivity index is 3.05. The van der Waals surface area contributed by atoms with Gasteiger partial charge in [0.2, 0.25) is 10.0 Å². The van der Waals surface area contributed by atoms with E-state index in [0.717, 1.165) is 11.8 Å². The molecule has 0 radical (unpaired) electrons. The minimum absolute atomic E-state index is 0.219. The van der Waals surface area contributed by atoms with Gasteiger partial charge in [0.05, 0.1) is 4.90 Å². The summed E-state index contributed by atoms with van der Waals surface area (Å²) in [5, 5.41) is 8.61. The van der Waals surface area contributed by atoms with Gasteiger partial charge in [-0.25, -0.2) is 17.5 Å². The zero-order valence-electron chi connectivity index (χ0n) is 12.2. The number of nitrogens with zero attached hydrogens (tertiary/aromatic N) is 1. The minimum atomic E-state index is -3.50. The van der Waals surface area contributed by atoms with Gasteiger partial charge in [0.25, 0.3) is 0 Å². The molecule has 0 atom stereocenters. The molecule has 0 aliphatic rings. The van der Waals surface area contributed by atoms with E-state index in [1.54, 1.807) is 37.9 Å². The van der Waals surface area contributed by atoms with Crippen LogP contribution in [0.15, 0.2) is 29.2 Å². The summed E-state index contributed by atoms with van der Waals surface area (Å²) in [6.45, 7) is 2.20. The Kier molecular flexibility index (Phi) is 6.44. The third-order valence-electron chi connectivity index (χ3n) is 2.97. The molecular formula is C14H19NO4S2. The van der Waals surface area contributed by atoms with Crippen LogP contribution in [0.2, 0.25) is 0 Å². The summed E-state index contributed by atoms with van der Waals surface area (Å²) < 4.78 is 26.1. The summed E-state index contributed by atoms with van der Waals surface area (Å²) in [4.78, 5) is 10.7. The van der Waals surface area contributed by atoms with E-state index >= 15 is 0 Å². The molecule has 116 valence electrons. The highest BCUT2D eigenvalue weighted by Crippen LogP contribution is 2.19. The van der Waals surface area contributed by atoms with Crippen LogP contribution >= 0.6 is 11.8 Å². The average molecular weight is 329 g/mol. The molecule has 1 aromatic rings. The van der Waals surface area contributed by atoms with E-state index in [1.165, 1.54) is 16.4 Å². The lowest BCUT2D eigenvalue weighted by Crippen LogP contribution is -2.29. The van der Waals surface area contributed by atoms with Gasteiger partial charge >= 0.3 is 5.97 Å². The van der Waals surface area contributed by atoms with Crippen LogP contribution in [0.25, 0.3) is 6.08 Å². The molecule has 1 N–H and O–H groups in total. The van der Waals surface area contributed by atoms with Crippen molar-refractivity contribution in [2.24, 2.45) is 0 Å². The monoisotopic (exact) mass is 329 g/mol. The molecule has 0 aliphatic heterocycles. The normalized spacial score (nSPS) is 12.2. The van der Waals surface area contributed by atoms with Crippen molar-refractivity contribution in [3.05, 3.63) is 35.4 Å². The van der Waals surface area contributed by atoms with Gasteiger partial charge in [0, 0.05) is 25.4 Å². The van der Waals surface area contributed by atoms with Crippen molar-refractivity contribution in [3.63, 3.8) is 0 Å². The molecule has 0 spiro atoms. The van der Waals surface area contributed by atoms with Gasteiger partial charge in [0.1, 0.15) is 0 Å². The molecule has 0 bridgehead atoms. The second-order valence-corrected chi connectivity index (χ2v) is 7.54. The summed E-state index contributed by atoms with van der Waals surface area (Å²) >= 11 is 1.59. The number of carboxylic acid groups (broad SMARTS) is 1. The first kappa shape index (κ1) is 17.7. The van der Waals surface area contributed by atoms with Crippen molar-refractivity contribution in [3.8, 4) is 0 Å². The van der Waals surface area contributed by atoms with Crippen molar-refractivity contribution >= 4 is 33.8 Å². The maximum absolute atomic E-state index is 12.4. The zero-order chi connectivity index (χ0) is 16.0. The standard InChI is InChI=1S/C14H19NO4S2/c1-11-10-13(6-4-12(11)5-7-14(16)17)21(18,19)15(2)8-9-20-3/h4-7,10H,8-9H2,1-3H3,(H,16,17)/b7-5+. The molecule has 1 rings (SSSR count). The topological polar surface area (TPSA) is 74.7 Å². The van der Waals surface area contributed by atoms with Gasteiger partial charge < -0.3 is 5.11 Å². The summed E-state index contributed by atoms with van der Waals surface area (Å²) in [5.41, 5.74) is 1.40. The van der Waals surface area contributed by atoms with E-state index in [0.29, 0.717) is 17.7 Å². The van der Waals surface area contributed by atoms with Gasteiger partial charge in [-0.1, -0.05) is 6.07 Å². The van der Waals surface area contributed by atoms with Crippen LogP contribution in [0.3, 0.4) is 0 Å². The predicted molar refractivity (Wildman–Crippen MR) is 86.0 cm³/mol. The van der Waals surface area contributed by atoms with E-state index < -0.39 is 16.0 Å². The predicted octanol–water partition coefficient (Wildman–Crippen LogP) is 2.08. The Labute approximate surface area is 129 Å². The number of aryl methyl sites for hydroxylation is 1. The van der Waals surface area contributed by atoms with E-state index in [9.17, 15) is 13.2 Å². The first-order valence-electron chi connectivity index (χ1n) is 6.26. The van der Waals surface area contributed by atoms with E-state index in [1.807, 2.05) is 6.26 Å². The maximum Gasteiger partial charge on any atom is 0.328 e. The summed E-state index contributed by atoms with van der Waals surface area (Å²) in [6, 6.07) is 4.68. The van der Waals surface area contributed by atoms with Gasteiger partial charge in [-0.3, -0.25) is 0 Å². The van der Waals surface area contributed by atoms with Gasteiger partial charge in [-0.15, -0.1) is 0 Å². The molecular weight excluding hydrogens is 310 g/mol. The largest absolute Gasteiger partial charge is 0.478 e. The highest BCUT2D eigenvalue weighted by Gasteiger charge is 2.20. The van der Waals surface area contributed by atoms with Crippen LogP contribution in [0.4, 0.5) is 0 Å². The van der Waals surface area contributed by atoms with Gasteiger partial charge in [0.15, 0.2) is 0 Å². The van der Waals surface area contributed by atoms with Crippen LogP contribution in [-0.4, -0.2) is 49.4 Å². The molecule has 7 heteroatoms. The van der Waals surface area contributed by atoms with Crippen molar-refractivity contribution < 1.29 is 18.3 Å². The lowest BCUT2D eigenvalue weighted by Gasteiger charge is -2.17. The Morgan fingerprint density at radius 2 is 2.10 bits per heavy atom. The van der Waals surface area contributed by atoms with Crippen LogP contribution < -0.4 is 0 Å². The third-order valence-corrected chi connectivity index (χ3v) is 5.41. The van der Waals surface area contributed by atoms with E-state index in [4.69, 9.17) is 5.11 Å². The Morgan fingerprint density at radius 3 is 2.62 bits per heavy atom. The number of thioether (sulfide) groups is 1. The Morgan fingerprint density at radius 1 is 1.43 bits per heavy atom. The minimum Gasteiger partial charge on any atom is -0.478 e. The fourth-order valence-electron chi connectivity index (χ4n) is 1.68. The first-order valence-corrected chi connectivity index (χ1v) is 9.09. The molecule has 0 heterocycles. The highest BCUT2D eigenvalue weighted by molar-refractivity contribution is 7.98. The zero-order valence-corrected chi connectivity index (χ0v) is 13.9. The fraction of sp³-hybridized carbons (Fsp3) is 0.357. The molecule has 0 aliphatic carbocycles. The molecule has 0 aromatic heterocycles. The molecule has 0 amide bonds. The van der Waals surface area contributed by atoms with Crippen LogP contribution in [0, 0.1) is 6.92 Å². The lowest BCUT2D eigenvalue weighted by atomic mass is 10.1. The summed E-state index contributed by atoms with van der Waals surface area (Å²) in [7, 11) is -1.95. The van der Waals surface area contributed by atoms with E-state index in [-0.39, 0.29) is 4.90 Å². The number of aliphatic carboxylic acids is 1. The maximum atomic E-state index is 12.4. The summed E-state index contributed by atoms with van der Waals surface area (Å²) in [6.07, 6.45) is 4.40. The third kappa shape index (κ3) is 4.87. The van der Waals surface area contributed by atoms with Crippen LogP contribution in [-0.2, 0) is 14.8 Å². The first-order chi connectivity index (χ1) is 9.78. The number of benzene rings is 1. The van der Waals surface area contributed by atoms with Crippen molar-refractivity contribution in [2.75, 3.05) is 25.6 Å². The van der Waals surface area contributed by atoms with Crippen molar-refractivity contribution in [2.45, 2.75) is 11.8 Å². The second kappa shape index (κ2) is 7.63. The number of carbonyl (C=O) groups is 1. The van der Waals surface area contributed by atoms with Crippen LogP contribution in [0.1, 0.15) is 11.1 Å². The molecule has 0 saturated heterocycles. The lowest BCUT2D eigenvalue weighted by molar-refractivity contribution is -0.131. The second-order valence-electron chi connectivity index (χ2n) is 4.51.